The quantitative estimate of drug-likeness (QED) is 0.126. The van der Waals surface area contributed by atoms with Crippen LogP contribution >= 0.6 is 0 Å². The molecule has 4 heteroatoms. The summed E-state index contributed by atoms with van der Waals surface area (Å²) in [6.45, 7) is 28.2. The zero-order valence-electron chi connectivity index (χ0n) is 50.2. The number of nitrogens with zero attached hydrogens (tertiary/aromatic N) is 3. The third-order valence-electron chi connectivity index (χ3n) is 17.8. The molecule has 0 radical (unpaired) electrons. The molecular weight excluding hydrogens is 1000 g/mol. The first-order chi connectivity index (χ1) is 39.6. The fourth-order valence-corrected chi connectivity index (χ4v) is 13.0. The van der Waals surface area contributed by atoms with Gasteiger partial charge < -0.3 is 9.80 Å². The third kappa shape index (κ3) is 9.19. The topological polar surface area (TPSA) is 19.4 Å². The van der Waals surface area contributed by atoms with Crippen LogP contribution < -0.4 is 26.2 Å². The molecule has 0 saturated carbocycles. The zero-order valence-corrected chi connectivity index (χ0v) is 50.2. The first kappa shape index (κ1) is 52.4. The molecule has 406 valence electrons. The van der Waals surface area contributed by atoms with Crippen LogP contribution in [0.25, 0.3) is 76.7 Å². The Labute approximate surface area is 491 Å². The highest BCUT2D eigenvalue weighted by molar-refractivity contribution is 7.00. The summed E-state index contributed by atoms with van der Waals surface area (Å²) in [5, 5.41) is 9.89. The highest BCUT2D eigenvalue weighted by Gasteiger charge is 2.45. The molecular formula is C79H72BN3. The van der Waals surface area contributed by atoms with Gasteiger partial charge in [-0.25, -0.2) is 4.98 Å². The summed E-state index contributed by atoms with van der Waals surface area (Å²) >= 11 is 0. The van der Waals surface area contributed by atoms with Crippen LogP contribution in [0.2, 0.25) is 0 Å². The Kier molecular flexibility index (Phi) is 11.9. The van der Waals surface area contributed by atoms with E-state index in [1.165, 1.54) is 116 Å². The van der Waals surface area contributed by atoms with Gasteiger partial charge in [0.2, 0.25) is 0 Å². The van der Waals surface area contributed by atoms with E-state index in [2.05, 4.69) is 311 Å². The zero-order chi connectivity index (χ0) is 57.5. The van der Waals surface area contributed by atoms with Crippen molar-refractivity contribution in [3.63, 3.8) is 0 Å². The van der Waals surface area contributed by atoms with E-state index in [0.717, 1.165) is 33.6 Å². The van der Waals surface area contributed by atoms with Crippen molar-refractivity contribution in [1.82, 2.24) is 4.98 Å². The molecule has 0 spiro atoms. The summed E-state index contributed by atoms with van der Waals surface area (Å²) in [7, 11) is 0. The van der Waals surface area contributed by atoms with Crippen molar-refractivity contribution in [2.75, 3.05) is 9.80 Å². The number of benzene rings is 11. The standard InChI is InChI=1S/C79H72BN3/c1-76(2,3)61-43-62(77(4,5)6)46-65(45-61)82-71-39-57-33-53-29-21-19-27-51(53)31-55(57)35-67(71)80-68-36-56-32-52-28-20-22-30-54(52)34-58(56)40-72(68)83(66-47-63(78(7,8)9)44-64(48-66)79(10,11)12)74-42-60(41-73(82)75(74)80)59-37-69(49-23-15-13-16-24-49)81-70(38-59)50-25-17-14-18-26-50/h13-48H,1-12H3. The number of fused-ring (bicyclic) bond motifs is 8. The second kappa shape index (κ2) is 18.9. The van der Waals surface area contributed by atoms with Crippen LogP contribution in [-0.4, -0.2) is 11.7 Å². The number of hydrogen-bond acceptors (Lipinski definition) is 3. The first-order valence-corrected chi connectivity index (χ1v) is 29.8. The largest absolute Gasteiger partial charge is 0.311 e. The number of pyridine rings is 1. The molecule has 3 nitrogen and oxygen atoms in total. The summed E-state index contributed by atoms with van der Waals surface area (Å²) in [4.78, 5) is 10.8. The van der Waals surface area contributed by atoms with Gasteiger partial charge in [0.05, 0.1) is 11.4 Å². The van der Waals surface area contributed by atoms with E-state index >= 15 is 0 Å². The Balaban J connectivity index is 1.18. The normalized spacial score (nSPS) is 13.5. The number of rotatable bonds is 5. The fraction of sp³-hybridized carbons (Fsp3) is 0.203. The maximum absolute atomic E-state index is 5.45. The Morgan fingerprint density at radius 2 is 0.590 bits per heavy atom. The van der Waals surface area contributed by atoms with Gasteiger partial charge in [-0.15, -0.1) is 0 Å². The summed E-state index contributed by atoms with van der Waals surface area (Å²) in [6, 6.07) is 83.5. The van der Waals surface area contributed by atoms with Gasteiger partial charge in [-0.2, -0.15) is 0 Å². The molecule has 0 N–H and O–H groups in total. The molecule has 3 heterocycles. The van der Waals surface area contributed by atoms with Gasteiger partial charge in [0.1, 0.15) is 0 Å². The van der Waals surface area contributed by atoms with Gasteiger partial charge in [0.15, 0.2) is 0 Å². The minimum Gasteiger partial charge on any atom is -0.311 e. The van der Waals surface area contributed by atoms with Crippen LogP contribution in [0.4, 0.5) is 34.1 Å². The summed E-state index contributed by atoms with van der Waals surface area (Å²) < 4.78 is 0. The molecule has 0 unspecified atom stereocenters. The summed E-state index contributed by atoms with van der Waals surface area (Å²) in [6.07, 6.45) is 0. The fourth-order valence-electron chi connectivity index (χ4n) is 13.0. The highest BCUT2D eigenvalue weighted by atomic mass is 15.2. The van der Waals surface area contributed by atoms with Gasteiger partial charge in [-0.1, -0.05) is 217 Å². The average molecular weight is 1070 g/mol. The molecule has 0 aliphatic carbocycles. The van der Waals surface area contributed by atoms with Crippen LogP contribution in [0, 0.1) is 0 Å². The minimum atomic E-state index is -0.128. The van der Waals surface area contributed by atoms with Crippen LogP contribution in [0.5, 0.6) is 0 Å². The monoisotopic (exact) mass is 1070 g/mol. The Morgan fingerprint density at radius 1 is 0.277 bits per heavy atom. The molecule has 2 aliphatic rings. The Morgan fingerprint density at radius 3 is 0.928 bits per heavy atom. The van der Waals surface area contributed by atoms with E-state index in [-0.39, 0.29) is 28.4 Å². The highest BCUT2D eigenvalue weighted by Crippen LogP contribution is 2.50. The Bertz CT molecular complexity index is 4250. The number of anilines is 6. The second-order valence-electron chi connectivity index (χ2n) is 27.8. The van der Waals surface area contributed by atoms with Crippen LogP contribution in [0.15, 0.2) is 218 Å². The lowest BCUT2D eigenvalue weighted by atomic mass is 9.33. The lowest BCUT2D eigenvalue weighted by molar-refractivity contribution is 0.568. The molecule has 83 heavy (non-hydrogen) atoms. The average Bonchev–Trinajstić information content (AvgIpc) is 2.57. The van der Waals surface area contributed by atoms with Crippen molar-refractivity contribution < 1.29 is 0 Å². The van der Waals surface area contributed by atoms with Crippen LogP contribution in [-0.2, 0) is 21.7 Å². The van der Waals surface area contributed by atoms with Crippen molar-refractivity contribution in [1.29, 1.82) is 0 Å². The molecule has 0 saturated heterocycles. The molecule has 1 aromatic heterocycles. The van der Waals surface area contributed by atoms with Crippen LogP contribution in [0.3, 0.4) is 0 Å². The van der Waals surface area contributed by atoms with Crippen molar-refractivity contribution in [2.45, 2.75) is 105 Å². The van der Waals surface area contributed by atoms with E-state index in [4.69, 9.17) is 4.98 Å². The third-order valence-corrected chi connectivity index (χ3v) is 17.8. The molecule has 0 fully saturated rings. The second-order valence-corrected chi connectivity index (χ2v) is 27.8. The van der Waals surface area contributed by atoms with Crippen molar-refractivity contribution >= 4 is 100 Å². The van der Waals surface area contributed by atoms with E-state index in [1.807, 2.05) is 0 Å². The molecule has 0 bridgehead atoms. The summed E-state index contributed by atoms with van der Waals surface area (Å²) in [5.74, 6) is 0. The lowest BCUT2D eigenvalue weighted by Gasteiger charge is -2.45. The lowest BCUT2D eigenvalue weighted by Crippen LogP contribution is -2.61. The van der Waals surface area contributed by atoms with Crippen molar-refractivity contribution in [2.24, 2.45) is 0 Å². The van der Waals surface area contributed by atoms with E-state index < -0.39 is 0 Å². The molecule has 11 aromatic carbocycles. The van der Waals surface area contributed by atoms with E-state index in [9.17, 15) is 0 Å². The predicted octanol–water partition coefficient (Wildman–Crippen LogP) is 20.0. The molecule has 0 amide bonds. The maximum atomic E-state index is 5.45. The first-order valence-electron chi connectivity index (χ1n) is 29.8. The van der Waals surface area contributed by atoms with Gasteiger partial charge in [0, 0.05) is 45.3 Å². The smallest absolute Gasteiger partial charge is 0.252 e. The van der Waals surface area contributed by atoms with Crippen molar-refractivity contribution in [3.8, 4) is 33.6 Å². The molecule has 12 aromatic rings. The number of aromatic nitrogens is 1. The van der Waals surface area contributed by atoms with Crippen LogP contribution in [0.1, 0.15) is 105 Å². The van der Waals surface area contributed by atoms with E-state index in [0.29, 0.717) is 0 Å². The van der Waals surface area contributed by atoms with Gasteiger partial charge in [0.25, 0.3) is 6.71 Å². The van der Waals surface area contributed by atoms with Gasteiger partial charge in [-0.3, -0.25) is 0 Å². The Hall–Kier alpha value is -8.73. The predicted molar refractivity (Wildman–Crippen MR) is 359 cm³/mol. The molecule has 0 atom stereocenters. The maximum Gasteiger partial charge on any atom is 0.252 e. The van der Waals surface area contributed by atoms with Gasteiger partial charge >= 0.3 is 0 Å². The van der Waals surface area contributed by atoms with Gasteiger partial charge in [-0.05, 0) is 199 Å². The van der Waals surface area contributed by atoms with Crippen molar-refractivity contribution in [3.05, 3.63) is 241 Å². The SMILES string of the molecule is CC(C)(C)c1cc(N2c3cc4cc5ccccc5cc4cc3B3c4cc5cc6ccccc6cc5cc4N(c4cc(C(C)(C)C)cc(C(C)(C)C)c4)c4cc(-c5cc(-c6ccccc6)nc(-c6ccccc6)c5)cc2c43)cc(C(C)(C)C)c1. The molecule has 2 aliphatic heterocycles. The summed E-state index contributed by atoms with van der Waals surface area (Å²) in [5.41, 5.74) is 22.0. The molecule has 14 rings (SSSR count). The number of hydrogen-bond donors (Lipinski definition) is 0. The minimum absolute atomic E-state index is 0.122. The van der Waals surface area contributed by atoms with E-state index in [1.54, 1.807) is 0 Å².